The number of hydrogen-bond acceptors (Lipinski definition) is 6. The zero-order chi connectivity index (χ0) is 29.1. The van der Waals surface area contributed by atoms with Gasteiger partial charge in [-0.3, -0.25) is 0 Å². The van der Waals surface area contributed by atoms with Gasteiger partial charge in [-0.05, 0) is 34.0 Å². The van der Waals surface area contributed by atoms with E-state index < -0.39 is 0 Å². The van der Waals surface area contributed by atoms with Gasteiger partial charge < -0.3 is 20.8 Å². The van der Waals surface area contributed by atoms with Gasteiger partial charge in [0.15, 0.2) is 0 Å². The number of nitrogens with one attached hydrogen (secondary N) is 4. The van der Waals surface area contributed by atoms with Crippen LogP contribution in [0, 0.1) is 0 Å². The van der Waals surface area contributed by atoms with Crippen LogP contribution in [0.5, 0.6) is 0 Å². The molecule has 0 bridgehead atoms. The summed E-state index contributed by atoms with van der Waals surface area (Å²) in [6, 6.07) is 13.5. The molecule has 0 saturated heterocycles. The molecule has 0 aliphatic carbocycles. The molecule has 2 aliphatic heterocycles. The highest BCUT2D eigenvalue weighted by atomic mass is 15.3. The number of aromatic nitrogens is 4. The third kappa shape index (κ3) is 3.89. The fourth-order valence-electron chi connectivity index (χ4n) is 6.19. The Hall–Kier alpha value is -4.72. The second-order valence-corrected chi connectivity index (χ2v) is 11.5. The molecule has 0 atom stereocenters. The van der Waals surface area contributed by atoms with Crippen LogP contribution in [0.1, 0.15) is 87.3 Å². The van der Waals surface area contributed by atoms with Gasteiger partial charge in [0, 0.05) is 44.9 Å². The van der Waals surface area contributed by atoms with Gasteiger partial charge in [0.1, 0.15) is 11.6 Å². The zero-order valence-electron chi connectivity index (χ0n) is 25.0. The molecule has 2 aromatic heterocycles. The number of hydrazone groups is 2. The minimum atomic E-state index is 0.322. The first kappa shape index (κ1) is 26.2. The number of benzene rings is 4. The van der Waals surface area contributed by atoms with Crippen LogP contribution in [-0.2, 0) is 13.1 Å². The lowest BCUT2D eigenvalue weighted by Crippen LogP contribution is -2.14. The van der Waals surface area contributed by atoms with E-state index in [1.54, 1.807) is 0 Å². The molecule has 8 heteroatoms. The van der Waals surface area contributed by atoms with E-state index in [1.807, 2.05) is 26.3 Å². The summed E-state index contributed by atoms with van der Waals surface area (Å²) in [6.45, 7) is 14.0. The van der Waals surface area contributed by atoms with Crippen molar-refractivity contribution in [1.29, 1.82) is 0 Å². The normalized spacial score (nSPS) is 13.9. The van der Waals surface area contributed by atoms with Crippen LogP contribution in [0.2, 0.25) is 0 Å². The molecule has 4 aromatic carbocycles. The average Bonchev–Trinajstić information content (AvgIpc) is 3.69. The predicted molar refractivity (Wildman–Crippen MR) is 175 cm³/mol. The quantitative estimate of drug-likeness (QED) is 0.180. The second kappa shape index (κ2) is 9.98. The summed E-state index contributed by atoms with van der Waals surface area (Å²) in [5.74, 6) is 2.67. The highest BCUT2D eigenvalue weighted by Gasteiger charge is 2.22. The minimum Gasteiger partial charge on any atom is -0.341 e. The van der Waals surface area contributed by atoms with E-state index in [-0.39, 0.29) is 0 Å². The monoisotopic (exact) mass is 556 g/mol. The molecule has 42 heavy (non-hydrogen) atoms. The SMILES string of the molecule is CC.CC(C)c1nc2c3c(c4cc(-c5ccc6c(c5)c5c(c7nc(C(C)C)[nH]c76)CNN=C5)ccc4c2[nH]1)C=NNC3. The summed E-state index contributed by atoms with van der Waals surface area (Å²) in [5, 5.41) is 13.5. The second-order valence-electron chi connectivity index (χ2n) is 11.5. The minimum absolute atomic E-state index is 0.322. The molecule has 2 aliphatic rings. The van der Waals surface area contributed by atoms with Crippen LogP contribution in [0.4, 0.5) is 0 Å². The summed E-state index contributed by atoms with van der Waals surface area (Å²) >= 11 is 0. The average molecular weight is 557 g/mol. The molecule has 212 valence electrons. The van der Waals surface area contributed by atoms with E-state index in [2.05, 4.69) is 95.1 Å². The van der Waals surface area contributed by atoms with E-state index in [1.165, 1.54) is 43.8 Å². The lowest BCUT2D eigenvalue weighted by molar-refractivity contribution is 0.738. The van der Waals surface area contributed by atoms with Crippen LogP contribution >= 0.6 is 0 Å². The number of nitrogens with zero attached hydrogens (tertiary/aromatic N) is 4. The third-order valence-electron chi connectivity index (χ3n) is 8.33. The van der Waals surface area contributed by atoms with E-state index >= 15 is 0 Å². The molecule has 4 N–H and O–H groups in total. The van der Waals surface area contributed by atoms with Gasteiger partial charge in [0.05, 0.1) is 47.6 Å². The third-order valence-corrected chi connectivity index (χ3v) is 8.33. The van der Waals surface area contributed by atoms with Crippen LogP contribution in [0.3, 0.4) is 0 Å². The van der Waals surface area contributed by atoms with Crippen LogP contribution in [-0.4, -0.2) is 32.4 Å². The number of H-pyrrole nitrogens is 2. The Labute approximate surface area is 244 Å². The molecular formula is C34H36N8. The van der Waals surface area contributed by atoms with E-state index in [4.69, 9.17) is 9.97 Å². The van der Waals surface area contributed by atoms with Crippen LogP contribution < -0.4 is 10.9 Å². The molecule has 6 aromatic rings. The Morgan fingerprint density at radius 2 is 1.02 bits per heavy atom. The lowest BCUT2D eigenvalue weighted by atomic mass is 9.91. The van der Waals surface area contributed by atoms with Crippen LogP contribution in [0.15, 0.2) is 46.6 Å². The number of fused-ring (bicyclic) bond motifs is 12. The molecule has 0 radical (unpaired) electrons. The molecule has 0 saturated carbocycles. The maximum Gasteiger partial charge on any atom is 0.109 e. The Balaban J connectivity index is 0.00000141. The molecule has 0 fully saturated rings. The first-order valence-electron chi connectivity index (χ1n) is 15.0. The van der Waals surface area contributed by atoms with E-state index in [0.717, 1.165) is 44.8 Å². The van der Waals surface area contributed by atoms with Gasteiger partial charge in [-0.15, -0.1) is 0 Å². The molecular weight excluding hydrogens is 520 g/mol. The van der Waals surface area contributed by atoms with E-state index in [0.29, 0.717) is 24.9 Å². The summed E-state index contributed by atoms with van der Waals surface area (Å²) in [4.78, 5) is 17.2. The van der Waals surface area contributed by atoms with Gasteiger partial charge in [0.25, 0.3) is 0 Å². The van der Waals surface area contributed by atoms with Crippen LogP contribution in [0.25, 0.3) is 54.7 Å². The Kier molecular flexibility index (Phi) is 6.22. The Bertz CT molecular complexity index is 1920. The Morgan fingerprint density at radius 3 is 1.43 bits per heavy atom. The molecule has 8 nitrogen and oxygen atoms in total. The van der Waals surface area contributed by atoms with Crippen molar-refractivity contribution in [2.75, 3.05) is 0 Å². The highest BCUT2D eigenvalue weighted by Crippen LogP contribution is 2.38. The van der Waals surface area contributed by atoms with Crippen molar-refractivity contribution in [2.24, 2.45) is 10.2 Å². The molecule has 4 heterocycles. The van der Waals surface area contributed by atoms with Gasteiger partial charge in [-0.1, -0.05) is 65.8 Å². The molecule has 0 amide bonds. The smallest absolute Gasteiger partial charge is 0.109 e. The van der Waals surface area contributed by atoms with Crippen molar-refractivity contribution >= 4 is 56.0 Å². The van der Waals surface area contributed by atoms with E-state index in [9.17, 15) is 0 Å². The van der Waals surface area contributed by atoms with Crippen molar-refractivity contribution in [2.45, 2.75) is 66.5 Å². The maximum absolute atomic E-state index is 4.99. The van der Waals surface area contributed by atoms with Gasteiger partial charge in [-0.25, -0.2) is 9.97 Å². The fraction of sp³-hybridized carbons (Fsp3) is 0.294. The van der Waals surface area contributed by atoms with Gasteiger partial charge in [0.2, 0.25) is 0 Å². The summed E-state index contributed by atoms with van der Waals surface area (Å²) in [5.41, 5.74) is 17.5. The van der Waals surface area contributed by atoms with Crippen molar-refractivity contribution < 1.29 is 0 Å². The molecule has 0 unspecified atom stereocenters. The van der Waals surface area contributed by atoms with Gasteiger partial charge in [-0.2, -0.15) is 10.2 Å². The highest BCUT2D eigenvalue weighted by molar-refractivity contribution is 6.17. The predicted octanol–water partition coefficient (Wildman–Crippen LogP) is 7.56. The molecule has 8 rings (SSSR count). The van der Waals surface area contributed by atoms with Crippen molar-refractivity contribution in [3.63, 3.8) is 0 Å². The van der Waals surface area contributed by atoms with Crippen molar-refractivity contribution in [1.82, 2.24) is 30.8 Å². The molecule has 0 spiro atoms. The summed E-state index contributed by atoms with van der Waals surface area (Å²) < 4.78 is 0. The van der Waals surface area contributed by atoms with Crippen molar-refractivity contribution in [3.05, 3.63) is 70.3 Å². The Morgan fingerprint density at radius 1 is 0.595 bits per heavy atom. The number of hydrogen-bond donors (Lipinski definition) is 4. The maximum atomic E-state index is 4.99. The first-order chi connectivity index (χ1) is 20.5. The fourth-order valence-corrected chi connectivity index (χ4v) is 6.19. The van der Waals surface area contributed by atoms with Crippen molar-refractivity contribution in [3.8, 4) is 11.1 Å². The number of aromatic amines is 2. The lowest BCUT2D eigenvalue weighted by Gasteiger charge is -2.17. The number of rotatable bonds is 3. The summed E-state index contributed by atoms with van der Waals surface area (Å²) in [6.07, 6.45) is 3.88. The number of imidazole rings is 2. The van der Waals surface area contributed by atoms with Gasteiger partial charge >= 0.3 is 0 Å². The summed E-state index contributed by atoms with van der Waals surface area (Å²) in [7, 11) is 0. The topological polar surface area (TPSA) is 106 Å². The zero-order valence-corrected chi connectivity index (χ0v) is 25.0. The first-order valence-corrected chi connectivity index (χ1v) is 15.0. The largest absolute Gasteiger partial charge is 0.341 e. The standard InChI is InChI=1S/C32H30N8.C2H6/c1-15(2)31-37-27-19-7-5-17(9-21(19)23-11-33-35-13-25(23)29(27)39-31)18-6-8-20-22(10-18)24-12-34-36-14-26(24)30-28(20)38-32(40-30)16(3)4;1-2/h5-12,15-16,35-36H,13-14H2,1-4H3,(H,37,39)(H,38,40);1-2H3.